The number of aryl methyl sites for hydroxylation is 1. The molecule has 3 heteroatoms. The van der Waals surface area contributed by atoms with Gasteiger partial charge >= 0.3 is 0 Å². The van der Waals surface area contributed by atoms with Crippen LogP contribution in [-0.4, -0.2) is 24.2 Å². The van der Waals surface area contributed by atoms with Crippen LogP contribution in [0.3, 0.4) is 0 Å². The van der Waals surface area contributed by atoms with Crippen molar-refractivity contribution in [2.75, 3.05) is 18.1 Å². The molecule has 1 heterocycles. The van der Waals surface area contributed by atoms with E-state index in [4.69, 9.17) is 5.11 Å². The molecule has 1 N–H and O–H groups in total. The molecule has 1 aliphatic heterocycles. The molecule has 1 aliphatic rings. The van der Waals surface area contributed by atoms with Gasteiger partial charge in [-0.25, -0.2) is 0 Å². The normalized spacial score (nSPS) is 14.7. The number of aliphatic hydroxyl groups excluding tert-OH is 1. The van der Waals surface area contributed by atoms with Crippen molar-refractivity contribution in [3.05, 3.63) is 29.8 Å². The molecule has 1 aromatic carbocycles. The average Bonchev–Trinajstić information content (AvgIpc) is 2.35. The van der Waals surface area contributed by atoms with Gasteiger partial charge < -0.3 is 10.0 Å². The molecule has 1 aromatic rings. The number of carbonyl (C=O) groups excluding carboxylic acids is 1. The van der Waals surface area contributed by atoms with Crippen LogP contribution in [0.25, 0.3) is 0 Å². The highest BCUT2D eigenvalue weighted by molar-refractivity contribution is 5.94. The highest BCUT2D eigenvalue weighted by atomic mass is 16.3. The zero-order valence-electron chi connectivity index (χ0n) is 9.35. The van der Waals surface area contributed by atoms with Crippen LogP contribution in [0, 0.1) is 0 Å². The van der Waals surface area contributed by atoms with E-state index in [1.54, 1.807) is 0 Å². The summed E-state index contributed by atoms with van der Waals surface area (Å²) in [4.78, 5) is 13.8. The zero-order valence-corrected chi connectivity index (χ0v) is 9.35. The first kappa shape index (κ1) is 11.1. The zero-order chi connectivity index (χ0) is 11.4. The fraction of sp³-hybridized carbons (Fsp3) is 0.462. The first-order valence-corrected chi connectivity index (χ1v) is 5.82. The van der Waals surface area contributed by atoms with Crippen LogP contribution in [-0.2, 0) is 11.2 Å². The number of para-hydroxylation sites is 1. The Morgan fingerprint density at radius 3 is 3.00 bits per heavy atom. The molecule has 0 atom stereocenters. The molecule has 0 spiro atoms. The van der Waals surface area contributed by atoms with Gasteiger partial charge in [-0.05, 0) is 30.9 Å². The molecular formula is C13H17NO2. The summed E-state index contributed by atoms with van der Waals surface area (Å²) >= 11 is 0. The van der Waals surface area contributed by atoms with Crippen molar-refractivity contribution in [2.24, 2.45) is 0 Å². The molecule has 0 unspecified atom stereocenters. The van der Waals surface area contributed by atoms with Crippen LogP contribution in [0.5, 0.6) is 0 Å². The van der Waals surface area contributed by atoms with E-state index in [2.05, 4.69) is 6.07 Å². The summed E-state index contributed by atoms with van der Waals surface area (Å²) in [5.74, 6) is 0.126. The highest BCUT2D eigenvalue weighted by Gasteiger charge is 2.21. The summed E-state index contributed by atoms with van der Waals surface area (Å²) < 4.78 is 0. The fourth-order valence-electron chi connectivity index (χ4n) is 2.16. The number of hydrogen-bond acceptors (Lipinski definition) is 2. The first-order valence-electron chi connectivity index (χ1n) is 5.82. The molecule has 0 aliphatic carbocycles. The second-order valence-electron chi connectivity index (χ2n) is 4.10. The van der Waals surface area contributed by atoms with Crippen LogP contribution in [0.2, 0.25) is 0 Å². The van der Waals surface area contributed by atoms with E-state index in [1.807, 2.05) is 23.1 Å². The van der Waals surface area contributed by atoms with Crippen molar-refractivity contribution in [1.82, 2.24) is 0 Å². The lowest BCUT2D eigenvalue weighted by Crippen LogP contribution is -2.35. The van der Waals surface area contributed by atoms with Crippen LogP contribution in [0.4, 0.5) is 5.69 Å². The summed E-state index contributed by atoms with van der Waals surface area (Å²) in [5.41, 5.74) is 2.31. The Bertz CT molecular complexity index is 376. The third-order valence-electron chi connectivity index (χ3n) is 2.96. The molecule has 0 bridgehead atoms. The molecule has 0 aromatic heterocycles. The van der Waals surface area contributed by atoms with Gasteiger partial charge in [0.1, 0.15) is 0 Å². The largest absolute Gasteiger partial charge is 0.396 e. The molecule has 0 fully saturated rings. The molecule has 2 rings (SSSR count). The van der Waals surface area contributed by atoms with E-state index in [0.29, 0.717) is 12.8 Å². The van der Waals surface area contributed by atoms with Gasteiger partial charge in [0.05, 0.1) is 0 Å². The highest BCUT2D eigenvalue weighted by Crippen LogP contribution is 2.27. The SMILES string of the molecule is O=C(CCCO)N1CCCc2ccccc21. The maximum Gasteiger partial charge on any atom is 0.227 e. The minimum Gasteiger partial charge on any atom is -0.396 e. The molecule has 16 heavy (non-hydrogen) atoms. The van der Waals surface area contributed by atoms with Gasteiger partial charge in [0.15, 0.2) is 0 Å². The number of amides is 1. The Hall–Kier alpha value is -1.35. The number of benzene rings is 1. The Labute approximate surface area is 95.7 Å². The quantitative estimate of drug-likeness (QED) is 0.841. The molecular weight excluding hydrogens is 202 g/mol. The standard InChI is InChI=1S/C13H17NO2/c15-10-4-8-13(16)14-9-3-6-11-5-1-2-7-12(11)14/h1-2,5,7,15H,3-4,6,8-10H2. The predicted octanol–water partition coefficient (Wildman–Crippen LogP) is 1.74. The lowest BCUT2D eigenvalue weighted by molar-refractivity contribution is -0.119. The smallest absolute Gasteiger partial charge is 0.227 e. The van der Waals surface area contributed by atoms with Crippen molar-refractivity contribution < 1.29 is 9.90 Å². The first-order chi connectivity index (χ1) is 7.83. The number of carbonyl (C=O) groups is 1. The van der Waals surface area contributed by atoms with Crippen molar-refractivity contribution in [1.29, 1.82) is 0 Å². The maximum atomic E-state index is 11.9. The minimum absolute atomic E-state index is 0.0846. The van der Waals surface area contributed by atoms with Crippen LogP contribution < -0.4 is 4.90 Å². The van der Waals surface area contributed by atoms with Crippen LogP contribution >= 0.6 is 0 Å². The molecule has 0 saturated heterocycles. The van der Waals surface area contributed by atoms with Gasteiger partial charge in [-0.2, -0.15) is 0 Å². The molecule has 1 amide bonds. The number of fused-ring (bicyclic) bond motifs is 1. The van der Waals surface area contributed by atoms with E-state index in [0.717, 1.165) is 25.1 Å². The Balaban J connectivity index is 2.15. The van der Waals surface area contributed by atoms with E-state index < -0.39 is 0 Å². The van der Waals surface area contributed by atoms with Crippen molar-refractivity contribution in [3.63, 3.8) is 0 Å². The molecule has 3 nitrogen and oxygen atoms in total. The van der Waals surface area contributed by atoms with Gasteiger partial charge in [0.2, 0.25) is 5.91 Å². The summed E-state index contributed by atoms with van der Waals surface area (Å²) in [6, 6.07) is 8.07. The molecule has 0 radical (unpaired) electrons. The van der Waals surface area contributed by atoms with Gasteiger partial charge in [0, 0.05) is 25.3 Å². The fourth-order valence-corrected chi connectivity index (χ4v) is 2.16. The maximum absolute atomic E-state index is 11.9. The monoisotopic (exact) mass is 219 g/mol. The molecule has 0 saturated carbocycles. The lowest BCUT2D eigenvalue weighted by Gasteiger charge is -2.29. The number of anilines is 1. The number of rotatable bonds is 3. The van der Waals surface area contributed by atoms with Crippen molar-refractivity contribution >= 4 is 11.6 Å². The van der Waals surface area contributed by atoms with Crippen LogP contribution in [0.15, 0.2) is 24.3 Å². The second-order valence-corrected chi connectivity index (χ2v) is 4.10. The van der Waals surface area contributed by atoms with E-state index in [1.165, 1.54) is 5.56 Å². The topological polar surface area (TPSA) is 40.5 Å². The summed E-state index contributed by atoms with van der Waals surface area (Å²) in [5, 5.41) is 8.74. The Kier molecular flexibility index (Phi) is 3.57. The summed E-state index contributed by atoms with van der Waals surface area (Å²) in [6.45, 7) is 0.891. The number of hydrogen-bond donors (Lipinski definition) is 1. The number of aliphatic hydroxyl groups is 1. The van der Waals surface area contributed by atoms with Crippen molar-refractivity contribution in [2.45, 2.75) is 25.7 Å². The van der Waals surface area contributed by atoms with Crippen LogP contribution in [0.1, 0.15) is 24.8 Å². The molecule has 86 valence electrons. The second kappa shape index (κ2) is 5.12. The lowest BCUT2D eigenvalue weighted by atomic mass is 10.0. The third-order valence-corrected chi connectivity index (χ3v) is 2.96. The Morgan fingerprint density at radius 2 is 2.19 bits per heavy atom. The predicted molar refractivity (Wildman–Crippen MR) is 63.4 cm³/mol. The summed E-state index contributed by atoms with van der Waals surface area (Å²) in [7, 11) is 0. The summed E-state index contributed by atoms with van der Waals surface area (Å²) in [6.07, 6.45) is 3.07. The van der Waals surface area contributed by atoms with E-state index in [9.17, 15) is 4.79 Å². The van der Waals surface area contributed by atoms with E-state index in [-0.39, 0.29) is 12.5 Å². The van der Waals surface area contributed by atoms with Gasteiger partial charge in [-0.3, -0.25) is 4.79 Å². The van der Waals surface area contributed by atoms with Gasteiger partial charge in [-0.1, -0.05) is 18.2 Å². The Morgan fingerprint density at radius 1 is 1.38 bits per heavy atom. The van der Waals surface area contributed by atoms with Gasteiger partial charge in [-0.15, -0.1) is 0 Å². The van der Waals surface area contributed by atoms with E-state index >= 15 is 0 Å². The number of nitrogens with zero attached hydrogens (tertiary/aromatic N) is 1. The van der Waals surface area contributed by atoms with Gasteiger partial charge in [0.25, 0.3) is 0 Å². The van der Waals surface area contributed by atoms with Crippen molar-refractivity contribution in [3.8, 4) is 0 Å². The third kappa shape index (κ3) is 2.25. The minimum atomic E-state index is 0.0846. The average molecular weight is 219 g/mol.